The van der Waals surface area contributed by atoms with E-state index in [1.165, 1.54) is 11.1 Å². The van der Waals surface area contributed by atoms with E-state index < -0.39 is 12.6 Å². The van der Waals surface area contributed by atoms with E-state index in [2.05, 4.69) is 65.6 Å². The molecular formula is C30H30ClN3O3. The maximum Gasteiger partial charge on any atom is 0.341 e. The standard InChI is InChI=1S/C30H30ClN3O3/c31-26-12-11-23(28(19-26)37-22-29(35)36)20-34-16-13-27(32-34)21-33-17-14-30(15-18-33,24-7-3-1-4-8-24)25-9-5-2-6-10-25/h1-13,16,19H,14-15,17-18,20-22H2,(H,35,36). The van der Waals surface area contributed by atoms with Crippen molar-refractivity contribution in [3.63, 3.8) is 0 Å². The first kappa shape index (κ1) is 25.1. The second kappa shape index (κ2) is 11.2. The van der Waals surface area contributed by atoms with Crippen LogP contribution >= 0.6 is 11.6 Å². The number of ether oxygens (including phenoxy) is 1. The highest BCUT2D eigenvalue weighted by Crippen LogP contribution is 2.41. The average Bonchev–Trinajstić information content (AvgIpc) is 3.37. The number of likely N-dealkylation sites (tertiary alicyclic amines) is 1. The number of hydrogen-bond donors (Lipinski definition) is 1. The van der Waals surface area contributed by atoms with Crippen molar-refractivity contribution in [3.05, 3.63) is 119 Å². The lowest BCUT2D eigenvalue weighted by atomic mass is 9.68. The van der Waals surface area contributed by atoms with Crippen LogP contribution in [0.25, 0.3) is 0 Å². The number of carboxylic acid groups (broad SMARTS) is 1. The number of carbonyl (C=O) groups is 1. The van der Waals surface area contributed by atoms with Gasteiger partial charge >= 0.3 is 5.97 Å². The van der Waals surface area contributed by atoms with Gasteiger partial charge in [-0.15, -0.1) is 0 Å². The Labute approximate surface area is 222 Å². The van der Waals surface area contributed by atoms with E-state index >= 15 is 0 Å². The van der Waals surface area contributed by atoms with E-state index in [0.717, 1.165) is 43.7 Å². The Balaban J connectivity index is 1.25. The molecule has 0 atom stereocenters. The highest BCUT2D eigenvalue weighted by atomic mass is 35.5. The molecule has 1 fully saturated rings. The Morgan fingerprint density at radius 1 is 0.919 bits per heavy atom. The Kier molecular flexibility index (Phi) is 7.58. The molecule has 190 valence electrons. The van der Waals surface area contributed by atoms with Gasteiger partial charge in [0.2, 0.25) is 0 Å². The molecule has 1 N–H and O–H groups in total. The molecule has 0 radical (unpaired) electrons. The zero-order chi connectivity index (χ0) is 25.7. The number of piperidine rings is 1. The van der Waals surface area contributed by atoms with Crippen molar-refractivity contribution in [2.24, 2.45) is 0 Å². The molecule has 0 spiro atoms. The van der Waals surface area contributed by atoms with Crippen LogP contribution in [0.2, 0.25) is 5.02 Å². The highest BCUT2D eigenvalue weighted by Gasteiger charge is 2.37. The predicted molar refractivity (Wildman–Crippen MR) is 144 cm³/mol. The Bertz CT molecular complexity index is 1290. The molecule has 1 saturated heterocycles. The SMILES string of the molecule is O=C(O)COc1cc(Cl)ccc1Cn1ccc(CN2CCC(c3ccccc3)(c3ccccc3)CC2)n1. The van der Waals surface area contributed by atoms with E-state index in [1.807, 2.05) is 23.0 Å². The third-order valence-electron chi connectivity index (χ3n) is 7.16. The summed E-state index contributed by atoms with van der Waals surface area (Å²) in [6.45, 7) is 2.81. The summed E-state index contributed by atoms with van der Waals surface area (Å²) in [6, 6.07) is 29.1. The van der Waals surface area contributed by atoms with Gasteiger partial charge in [0.15, 0.2) is 6.61 Å². The highest BCUT2D eigenvalue weighted by molar-refractivity contribution is 6.30. The van der Waals surface area contributed by atoms with E-state index in [1.54, 1.807) is 12.1 Å². The maximum absolute atomic E-state index is 10.9. The second-order valence-electron chi connectivity index (χ2n) is 9.53. The van der Waals surface area contributed by atoms with E-state index in [-0.39, 0.29) is 5.41 Å². The van der Waals surface area contributed by atoms with Crippen molar-refractivity contribution in [1.29, 1.82) is 0 Å². The molecule has 0 aliphatic carbocycles. The summed E-state index contributed by atoms with van der Waals surface area (Å²) in [5, 5.41) is 14.2. The van der Waals surface area contributed by atoms with Gasteiger partial charge in [-0.25, -0.2) is 4.79 Å². The molecule has 0 amide bonds. The number of rotatable bonds is 9. The molecule has 1 aliphatic heterocycles. The lowest BCUT2D eigenvalue weighted by Crippen LogP contribution is -2.43. The summed E-state index contributed by atoms with van der Waals surface area (Å²) < 4.78 is 7.29. The van der Waals surface area contributed by atoms with Gasteiger partial charge < -0.3 is 9.84 Å². The van der Waals surface area contributed by atoms with Crippen molar-refractivity contribution >= 4 is 17.6 Å². The van der Waals surface area contributed by atoms with E-state index in [4.69, 9.17) is 26.5 Å². The summed E-state index contributed by atoms with van der Waals surface area (Å²) in [5.41, 5.74) is 4.63. The Morgan fingerprint density at radius 2 is 1.57 bits per heavy atom. The first-order valence-electron chi connectivity index (χ1n) is 12.5. The number of nitrogens with zero attached hydrogens (tertiary/aromatic N) is 3. The predicted octanol–water partition coefficient (Wildman–Crippen LogP) is 5.63. The topological polar surface area (TPSA) is 67.6 Å². The third-order valence-corrected chi connectivity index (χ3v) is 7.39. The Hall–Kier alpha value is -3.61. The number of carboxylic acids is 1. The average molecular weight is 516 g/mol. The molecule has 6 nitrogen and oxygen atoms in total. The van der Waals surface area contributed by atoms with Crippen molar-refractivity contribution in [2.45, 2.75) is 31.3 Å². The van der Waals surface area contributed by atoms with Gasteiger partial charge in [-0.3, -0.25) is 9.58 Å². The lowest BCUT2D eigenvalue weighted by molar-refractivity contribution is -0.139. The van der Waals surface area contributed by atoms with Crippen LogP contribution < -0.4 is 4.74 Å². The van der Waals surface area contributed by atoms with Gasteiger partial charge in [0.25, 0.3) is 0 Å². The molecule has 0 saturated carbocycles. The molecule has 2 heterocycles. The summed E-state index contributed by atoms with van der Waals surface area (Å²) in [4.78, 5) is 13.4. The van der Waals surface area contributed by atoms with Crippen LogP contribution in [0.3, 0.4) is 0 Å². The molecule has 1 aliphatic rings. The molecule has 0 unspecified atom stereocenters. The fourth-order valence-electron chi connectivity index (χ4n) is 5.26. The zero-order valence-corrected chi connectivity index (χ0v) is 21.3. The molecule has 4 aromatic rings. The van der Waals surface area contributed by atoms with Crippen molar-refractivity contribution in [1.82, 2.24) is 14.7 Å². The largest absolute Gasteiger partial charge is 0.481 e. The second-order valence-corrected chi connectivity index (χ2v) is 9.97. The van der Waals surface area contributed by atoms with E-state index in [9.17, 15) is 4.79 Å². The molecule has 5 rings (SSSR count). The smallest absolute Gasteiger partial charge is 0.341 e. The van der Waals surface area contributed by atoms with E-state index in [0.29, 0.717) is 17.3 Å². The van der Waals surface area contributed by atoms with Gasteiger partial charge in [-0.05, 0) is 55.3 Å². The number of halogens is 1. The van der Waals surface area contributed by atoms with Crippen LogP contribution in [-0.2, 0) is 23.3 Å². The summed E-state index contributed by atoms with van der Waals surface area (Å²) in [5.74, 6) is -0.571. The number of benzene rings is 3. The minimum absolute atomic E-state index is 0.0271. The minimum atomic E-state index is -1.03. The minimum Gasteiger partial charge on any atom is -0.481 e. The van der Waals surface area contributed by atoms with Gasteiger partial charge in [0.1, 0.15) is 5.75 Å². The molecule has 3 aromatic carbocycles. The van der Waals surface area contributed by atoms with Gasteiger partial charge in [-0.1, -0.05) is 78.3 Å². The number of aliphatic carboxylic acids is 1. The van der Waals surface area contributed by atoms with Gasteiger partial charge in [-0.2, -0.15) is 5.10 Å². The number of hydrogen-bond acceptors (Lipinski definition) is 4. The fourth-order valence-corrected chi connectivity index (χ4v) is 5.43. The lowest BCUT2D eigenvalue weighted by Gasteiger charge is -2.42. The van der Waals surface area contributed by atoms with Crippen LogP contribution in [0, 0.1) is 0 Å². The number of aromatic nitrogens is 2. The van der Waals surface area contributed by atoms with Gasteiger partial charge in [0.05, 0.1) is 12.2 Å². The van der Waals surface area contributed by atoms with Crippen LogP contribution in [0.5, 0.6) is 5.75 Å². The molecular weight excluding hydrogens is 486 g/mol. The van der Waals surface area contributed by atoms with Gasteiger partial charge in [0, 0.05) is 28.7 Å². The first-order chi connectivity index (χ1) is 18.0. The van der Waals surface area contributed by atoms with Crippen LogP contribution in [0.4, 0.5) is 0 Å². The monoisotopic (exact) mass is 515 g/mol. The van der Waals surface area contributed by atoms with Crippen molar-refractivity contribution in [3.8, 4) is 5.75 Å². The molecule has 7 heteroatoms. The quantitative estimate of drug-likeness (QED) is 0.313. The summed E-state index contributed by atoms with van der Waals surface area (Å²) >= 11 is 6.09. The summed E-state index contributed by atoms with van der Waals surface area (Å²) in [6.07, 6.45) is 4.06. The van der Waals surface area contributed by atoms with Crippen LogP contribution in [0.1, 0.15) is 35.2 Å². The Morgan fingerprint density at radius 3 is 2.19 bits per heavy atom. The zero-order valence-electron chi connectivity index (χ0n) is 20.6. The summed E-state index contributed by atoms with van der Waals surface area (Å²) in [7, 11) is 0. The van der Waals surface area contributed by atoms with Crippen LogP contribution in [0.15, 0.2) is 91.1 Å². The molecule has 1 aromatic heterocycles. The first-order valence-corrected chi connectivity index (χ1v) is 12.9. The normalized spacial score (nSPS) is 15.4. The molecule has 0 bridgehead atoms. The van der Waals surface area contributed by atoms with Crippen molar-refractivity contribution < 1.29 is 14.6 Å². The third kappa shape index (κ3) is 5.87. The van der Waals surface area contributed by atoms with Crippen molar-refractivity contribution in [2.75, 3.05) is 19.7 Å². The molecule has 37 heavy (non-hydrogen) atoms. The maximum atomic E-state index is 10.9. The van der Waals surface area contributed by atoms with Crippen LogP contribution in [-0.4, -0.2) is 45.5 Å². The fraction of sp³-hybridized carbons (Fsp3) is 0.267.